The molecule has 2 aromatic heterocycles. The van der Waals surface area contributed by atoms with Crippen molar-refractivity contribution in [1.82, 2.24) is 19.5 Å². The molecule has 1 aliphatic heterocycles. The predicted octanol–water partition coefficient (Wildman–Crippen LogP) is -0.356. The van der Waals surface area contributed by atoms with Crippen LogP contribution in [-0.2, 0) is 9.53 Å². The molecule has 3 atom stereocenters. The first-order chi connectivity index (χ1) is 11.4. The second kappa shape index (κ2) is 6.30. The number of aliphatic hydroxyl groups is 2. The summed E-state index contributed by atoms with van der Waals surface area (Å²) in [7, 11) is 0. The summed E-state index contributed by atoms with van der Waals surface area (Å²) in [5.74, 6) is -0.241. The molecule has 10 nitrogen and oxygen atoms in total. The molecule has 0 aliphatic carbocycles. The van der Waals surface area contributed by atoms with Gasteiger partial charge in [0.25, 0.3) is 0 Å². The first kappa shape index (κ1) is 16.6. The standard InChI is InChI=1S/C14H20N6O4/c1-6(2)13(23)19-14-17-11(15)10-12(18-14)20(5-16-10)9-3-7(22)8(4-21)24-9/h5-9,21-22H,3-4H2,1-2H3,(H3,15,17,18,19,23). The molecule has 3 unspecified atom stereocenters. The summed E-state index contributed by atoms with van der Waals surface area (Å²) in [4.78, 5) is 24.3. The smallest absolute Gasteiger partial charge is 0.233 e. The van der Waals surface area contributed by atoms with Crippen LogP contribution in [0.1, 0.15) is 26.5 Å². The van der Waals surface area contributed by atoms with Gasteiger partial charge in [0, 0.05) is 12.3 Å². The number of hydrogen-bond donors (Lipinski definition) is 4. The zero-order chi connectivity index (χ0) is 17.4. The molecule has 0 spiro atoms. The lowest BCUT2D eigenvalue weighted by molar-refractivity contribution is -0.118. The Kier molecular flexibility index (Phi) is 4.35. The van der Waals surface area contributed by atoms with E-state index in [1.165, 1.54) is 6.33 Å². The molecule has 130 valence electrons. The van der Waals surface area contributed by atoms with Gasteiger partial charge in [0.1, 0.15) is 17.8 Å². The van der Waals surface area contributed by atoms with E-state index in [1.54, 1.807) is 18.4 Å². The summed E-state index contributed by atoms with van der Waals surface area (Å²) in [6, 6.07) is 0. The van der Waals surface area contributed by atoms with E-state index in [-0.39, 0.29) is 36.6 Å². The Morgan fingerprint density at radius 1 is 1.54 bits per heavy atom. The van der Waals surface area contributed by atoms with Crippen LogP contribution >= 0.6 is 0 Å². The summed E-state index contributed by atoms with van der Waals surface area (Å²) >= 11 is 0. The molecule has 2 aromatic rings. The number of anilines is 2. The lowest BCUT2D eigenvalue weighted by atomic mass is 10.2. The van der Waals surface area contributed by atoms with Crippen LogP contribution in [0.15, 0.2) is 6.33 Å². The zero-order valence-electron chi connectivity index (χ0n) is 13.4. The Morgan fingerprint density at radius 3 is 2.92 bits per heavy atom. The van der Waals surface area contributed by atoms with Gasteiger partial charge in [-0.15, -0.1) is 0 Å². The summed E-state index contributed by atoms with van der Waals surface area (Å²) in [6.45, 7) is 3.23. The number of nitrogen functional groups attached to an aromatic ring is 1. The van der Waals surface area contributed by atoms with Crippen molar-refractivity contribution in [3.05, 3.63) is 6.33 Å². The zero-order valence-corrected chi connectivity index (χ0v) is 13.4. The minimum absolute atomic E-state index is 0.0812. The second-order valence-electron chi connectivity index (χ2n) is 6.02. The maximum Gasteiger partial charge on any atom is 0.233 e. The Labute approximate surface area is 137 Å². The van der Waals surface area contributed by atoms with E-state index >= 15 is 0 Å². The number of hydrogen-bond acceptors (Lipinski definition) is 8. The van der Waals surface area contributed by atoms with Crippen LogP contribution in [0.4, 0.5) is 11.8 Å². The average molecular weight is 336 g/mol. The third-order valence-electron chi connectivity index (χ3n) is 3.90. The van der Waals surface area contributed by atoms with Gasteiger partial charge in [-0.25, -0.2) is 4.98 Å². The highest BCUT2D eigenvalue weighted by Crippen LogP contribution is 2.31. The van der Waals surface area contributed by atoms with E-state index in [4.69, 9.17) is 10.5 Å². The van der Waals surface area contributed by atoms with Crippen LogP contribution in [0, 0.1) is 5.92 Å². The summed E-state index contributed by atoms with van der Waals surface area (Å²) in [5.41, 5.74) is 6.66. The van der Waals surface area contributed by atoms with Gasteiger partial charge in [-0.2, -0.15) is 9.97 Å². The number of aliphatic hydroxyl groups excluding tert-OH is 2. The fraction of sp³-hybridized carbons (Fsp3) is 0.571. The molecule has 1 saturated heterocycles. The molecule has 0 saturated carbocycles. The van der Waals surface area contributed by atoms with Crippen molar-refractivity contribution in [3.8, 4) is 0 Å². The van der Waals surface area contributed by atoms with Crippen LogP contribution < -0.4 is 11.1 Å². The number of amides is 1. The molecule has 10 heteroatoms. The highest BCUT2D eigenvalue weighted by Gasteiger charge is 2.35. The highest BCUT2D eigenvalue weighted by atomic mass is 16.5. The Hall–Kier alpha value is -2.30. The summed E-state index contributed by atoms with van der Waals surface area (Å²) in [6.07, 6.45) is -0.205. The van der Waals surface area contributed by atoms with E-state index in [9.17, 15) is 15.0 Å². The third-order valence-corrected chi connectivity index (χ3v) is 3.90. The second-order valence-corrected chi connectivity index (χ2v) is 6.02. The number of carbonyl (C=O) groups is 1. The number of nitrogens with one attached hydrogen (secondary N) is 1. The minimum atomic E-state index is -0.781. The maximum absolute atomic E-state index is 11.8. The van der Waals surface area contributed by atoms with Crippen molar-refractivity contribution in [2.45, 2.75) is 38.7 Å². The van der Waals surface area contributed by atoms with E-state index in [1.807, 2.05) is 0 Å². The number of imidazole rings is 1. The van der Waals surface area contributed by atoms with Gasteiger partial charge in [-0.3, -0.25) is 14.7 Å². The third kappa shape index (κ3) is 2.90. The maximum atomic E-state index is 11.8. The van der Waals surface area contributed by atoms with Crippen molar-refractivity contribution in [1.29, 1.82) is 0 Å². The number of fused-ring (bicyclic) bond motifs is 1. The Bertz CT molecular complexity index is 761. The molecule has 0 radical (unpaired) electrons. The number of carbonyl (C=O) groups excluding carboxylic acids is 1. The van der Waals surface area contributed by atoms with Gasteiger partial charge in [0.05, 0.1) is 19.0 Å². The van der Waals surface area contributed by atoms with Gasteiger partial charge in [0.2, 0.25) is 11.9 Å². The largest absolute Gasteiger partial charge is 0.394 e. The summed E-state index contributed by atoms with van der Waals surface area (Å²) in [5, 5.41) is 21.7. The van der Waals surface area contributed by atoms with Gasteiger partial charge in [-0.05, 0) is 0 Å². The van der Waals surface area contributed by atoms with Crippen molar-refractivity contribution in [3.63, 3.8) is 0 Å². The van der Waals surface area contributed by atoms with Crippen LogP contribution in [0.5, 0.6) is 0 Å². The lowest BCUT2D eigenvalue weighted by Gasteiger charge is -2.14. The molecule has 1 aliphatic rings. The first-order valence-electron chi connectivity index (χ1n) is 7.66. The monoisotopic (exact) mass is 336 g/mol. The lowest BCUT2D eigenvalue weighted by Crippen LogP contribution is -2.24. The molecule has 24 heavy (non-hydrogen) atoms. The normalized spacial score (nSPS) is 24.0. The first-order valence-corrected chi connectivity index (χ1v) is 7.66. The Balaban J connectivity index is 1.95. The van der Waals surface area contributed by atoms with Crippen molar-refractivity contribution >= 4 is 28.8 Å². The number of ether oxygens (including phenoxy) is 1. The van der Waals surface area contributed by atoms with Crippen molar-refractivity contribution in [2.75, 3.05) is 17.7 Å². The molecular formula is C14H20N6O4. The van der Waals surface area contributed by atoms with Gasteiger partial charge in [-0.1, -0.05) is 13.8 Å². The number of nitrogens with two attached hydrogens (primary N) is 1. The Morgan fingerprint density at radius 2 is 2.29 bits per heavy atom. The molecule has 3 heterocycles. The summed E-state index contributed by atoms with van der Waals surface area (Å²) < 4.78 is 7.22. The van der Waals surface area contributed by atoms with Gasteiger partial charge < -0.3 is 20.7 Å². The minimum Gasteiger partial charge on any atom is -0.394 e. The fourth-order valence-electron chi connectivity index (χ4n) is 2.51. The van der Waals surface area contributed by atoms with E-state index < -0.39 is 18.4 Å². The van der Waals surface area contributed by atoms with E-state index in [2.05, 4.69) is 20.3 Å². The van der Waals surface area contributed by atoms with Crippen LogP contribution in [0.3, 0.4) is 0 Å². The number of nitrogens with zero attached hydrogens (tertiary/aromatic N) is 4. The molecule has 1 amide bonds. The fourth-order valence-corrected chi connectivity index (χ4v) is 2.51. The predicted molar refractivity (Wildman–Crippen MR) is 84.8 cm³/mol. The van der Waals surface area contributed by atoms with E-state index in [0.29, 0.717) is 11.2 Å². The topological polar surface area (TPSA) is 148 Å². The molecular weight excluding hydrogens is 316 g/mol. The molecule has 0 aromatic carbocycles. The molecule has 5 N–H and O–H groups in total. The van der Waals surface area contributed by atoms with Crippen LogP contribution in [0.2, 0.25) is 0 Å². The quantitative estimate of drug-likeness (QED) is 0.591. The molecule has 0 bridgehead atoms. The van der Waals surface area contributed by atoms with Crippen molar-refractivity contribution in [2.24, 2.45) is 5.92 Å². The van der Waals surface area contributed by atoms with E-state index in [0.717, 1.165) is 0 Å². The average Bonchev–Trinajstić information content (AvgIpc) is 3.10. The van der Waals surface area contributed by atoms with Gasteiger partial charge >= 0.3 is 0 Å². The highest BCUT2D eigenvalue weighted by molar-refractivity contribution is 5.92. The van der Waals surface area contributed by atoms with Crippen molar-refractivity contribution < 1.29 is 19.7 Å². The molecule has 3 rings (SSSR count). The SMILES string of the molecule is CC(C)C(=O)Nc1nc(N)c2ncn(C3CC(O)C(CO)O3)c2n1. The van der Waals surface area contributed by atoms with Gasteiger partial charge in [0.15, 0.2) is 11.5 Å². The number of rotatable bonds is 4. The van der Waals surface area contributed by atoms with Crippen LogP contribution in [-0.4, -0.2) is 54.5 Å². The number of aromatic nitrogens is 4. The van der Waals surface area contributed by atoms with Crippen LogP contribution in [0.25, 0.3) is 11.2 Å². The molecule has 1 fully saturated rings.